The Morgan fingerprint density at radius 1 is 1.16 bits per heavy atom. The highest BCUT2D eigenvalue weighted by molar-refractivity contribution is 6.30. The van der Waals surface area contributed by atoms with Gasteiger partial charge in [-0.3, -0.25) is 9.59 Å². The van der Waals surface area contributed by atoms with E-state index in [4.69, 9.17) is 11.6 Å². The lowest BCUT2D eigenvalue weighted by molar-refractivity contribution is -0.144. The van der Waals surface area contributed by atoms with Crippen LogP contribution in [0.25, 0.3) is 0 Å². The van der Waals surface area contributed by atoms with Gasteiger partial charge >= 0.3 is 0 Å². The van der Waals surface area contributed by atoms with Crippen LogP contribution < -0.4 is 5.32 Å². The zero-order chi connectivity index (χ0) is 17.8. The summed E-state index contributed by atoms with van der Waals surface area (Å²) < 4.78 is 0. The highest BCUT2D eigenvalue weighted by atomic mass is 35.5. The van der Waals surface area contributed by atoms with E-state index in [1.165, 1.54) is 11.8 Å². The molecule has 0 saturated carbocycles. The number of amides is 2. The van der Waals surface area contributed by atoms with Crippen LogP contribution in [0, 0.1) is 0 Å². The van der Waals surface area contributed by atoms with Crippen LogP contribution in [0.4, 0.5) is 5.69 Å². The summed E-state index contributed by atoms with van der Waals surface area (Å²) in [5, 5.41) is 14.1. The molecule has 2 aliphatic heterocycles. The van der Waals surface area contributed by atoms with Gasteiger partial charge in [-0.15, -0.1) is 0 Å². The van der Waals surface area contributed by atoms with E-state index in [-0.39, 0.29) is 18.9 Å². The molecule has 25 heavy (non-hydrogen) atoms. The topological polar surface area (TPSA) is 69.6 Å². The van der Waals surface area contributed by atoms with Crippen LogP contribution in [0.2, 0.25) is 5.02 Å². The van der Waals surface area contributed by atoms with E-state index in [1.54, 1.807) is 18.2 Å². The highest BCUT2D eigenvalue weighted by Crippen LogP contribution is 2.52. The van der Waals surface area contributed by atoms with Gasteiger partial charge in [0.1, 0.15) is 12.1 Å². The molecule has 2 unspecified atom stereocenters. The summed E-state index contributed by atoms with van der Waals surface area (Å²) in [6.07, 6.45) is 0.144. The molecule has 0 radical (unpaired) electrons. The second-order valence-corrected chi connectivity index (χ2v) is 7.24. The molecule has 0 aromatic heterocycles. The minimum Gasteiger partial charge on any atom is -0.380 e. The van der Waals surface area contributed by atoms with Gasteiger partial charge in [0.15, 0.2) is 0 Å². The lowest BCUT2D eigenvalue weighted by Crippen LogP contribution is -2.46. The number of hydrogen-bond acceptors (Lipinski definition) is 3. The van der Waals surface area contributed by atoms with Crippen molar-refractivity contribution in [1.82, 2.24) is 4.90 Å². The van der Waals surface area contributed by atoms with Crippen LogP contribution in [0.1, 0.15) is 24.5 Å². The Kier molecular flexibility index (Phi) is 3.42. The molecule has 2 atom stereocenters. The Bertz CT molecular complexity index is 881. The van der Waals surface area contributed by atoms with E-state index in [0.29, 0.717) is 16.3 Å². The fraction of sp³-hybridized carbons (Fsp3) is 0.263. The van der Waals surface area contributed by atoms with Crippen molar-refractivity contribution in [2.75, 3.05) is 11.9 Å². The first-order chi connectivity index (χ1) is 11.8. The number of fused-ring (bicyclic) bond motifs is 3. The molecule has 1 saturated heterocycles. The zero-order valence-corrected chi connectivity index (χ0v) is 14.4. The van der Waals surface area contributed by atoms with Gasteiger partial charge in [0.05, 0.1) is 5.54 Å². The van der Waals surface area contributed by atoms with E-state index < -0.39 is 17.0 Å². The quantitative estimate of drug-likeness (QED) is 0.825. The molecule has 5 nitrogen and oxygen atoms in total. The number of hydrogen-bond donors (Lipinski definition) is 2. The highest BCUT2D eigenvalue weighted by Gasteiger charge is 2.60. The van der Waals surface area contributed by atoms with E-state index in [9.17, 15) is 14.7 Å². The number of nitrogens with one attached hydrogen (secondary N) is 1. The third-order valence-corrected chi connectivity index (χ3v) is 5.26. The number of carbonyl (C=O) groups is 2. The Morgan fingerprint density at radius 2 is 1.88 bits per heavy atom. The SMILES string of the molecule is CC1(O)CC2(c3ccccc3)c3cc(Cl)ccc3NC(=O)CN2C1=O. The fourth-order valence-electron chi connectivity index (χ4n) is 4.01. The first-order valence-corrected chi connectivity index (χ1v) is 8.42. The minimum absolute atomic E-state index is 0.129. The van der Waals surface area contributed by atoms with Gasteiger partial charge in [0, 0.05) is 22.7 Å². The third kappa shape index (κ3) is 2.27. The molecule has 2 heterocycles. The maximum absolute atomic E-state index is 12.9. The number of benzene rings is 2. The van der Waals surface area contributed by atoms with Gasteiger partial charge in [-0.2, -0.15) is 0 Å². The lowest BCUT2D eigenvalue weighted by atomic mass is 9.77. The maximum atomic E-state index is 12.9. The third-order valence-electron chi connectivity index (χ3n) is 5.02. The molecule has 4 rings (SSSR count). The summed E-state index contributed by atoms with van der Waals surface area (Å²) in [7, 11) is 0. The zero-order valence-electron chi connectivity index (χ0n) is 13.6. The van der Waals surface area contributed by atoms with Crippen molar-refractivity contribution in [2.45, 2.75) is 24.5 Å². The van der Waals surface area contributed by atoms with E-state index in [0.717, 1.165) is 5.56 Å². The molecular weight excluding hydrogens is 340 g/mol. The van der Waals surface area contributed by atoms with Crippen molar-refractivity contribution >= 4 is 29.1 Å². The standard InChI is InChI=1S/C19H17ClN2O3/c1-18(25)11-19(12-5-3-2-4-6-12)14-9-13(20)7-8-15(14)21-16(23)10-22(19)17(18)24/h2-9,25H,10-11H2,1H3,(H,21,23). The first-order valence-electron chi connectivity index (χ1n) is 8.04. The molecule has 0 aliphatic carbocycles. The molecule has 6 heteroatoms. The number of rotatable bonds is 1. The Balaban J connectivity index is 2.08. The van der Waals surface area contributed by atoms with E-state index >= 15 is 0 Å². The van der Waals surface area contributed by atoms with Gasteiger partial charge in [0.25, 0.3) is 5.91 Å². The van der Waals surface area contributed by atoms with Gasteiger partial charge < -0.3 is 15.3 Å². The number of aliphatic hydroxyl groups is 1. The van der Waals surface area contributed by atoms with Crippen molar-refractivity contribution in [2.24, 2.45) is 0 Å². The van der Waals surface area contributed by atoms with Crippen LogP contribution in [0.5, 0.6) is 0 Å². The van der Waals surface area contributed by atoms with Crippen molar-refractivity contribution in [3.8, 4) is 0 Å². The van der Waals surface area contributed by atoms with Crippen molar-refractivity contribution in [3.63, 3.8) is 0 Å². The molecule has 0 spiro atoms. The normalized spacial score (nSPS) is 28.2. The van der Waals surface area contributed by atoms with Crippen molar-refractivity contribution in [1.29, 1.82) is 0 Å². The molecular formula is C19H17ClN2O3. The van der Waals surface area contributed by atoms with E-state index in [2.05, 4.69) is 5.32 Å². The molecule has 2 aliphatic rings. The number of anilines is 1. The molecule has 2 aromatic rings. The second kappa shape index (κ2) is 5.31. The Labute approximate surface area is 150 Å². The Hall–Kier alpha value is -2.37. The Morgan fingerprint density at radius 3 is 2.60 bits per heavy atom. The average molecular weight is 357 g/mol. The minimum atomic E-state index is -1.56. The predicted octanol–water partition coefficient (Wildman–Crippen LogP) is 2.52. The predicted molar refractivity (Wildman–Crippen MR) is 94.3 cm³/mol. The smallest absolute Gasteiger partial charge is 0.255 e. The number of halogens is 1. The molecule has 0 bridgehead atoms. The molecule has 128 valence electrons. The monoisotopic (exact) mass is 356 g/mol. The second-order valence-electron chi connectivity index (χ2n) is 6.81. The molecule has 2 amide bonds. The van der Waals surface area contributed by atoms with Crippen LogP contribution in [-0.4, -0.2) is 34.0 Å². The summed E-state index contributed by atoms with van der Waals surface area (Å²) in [6.45, 7) is 1.37. The van der Waals surface area contributed by atoms with Crippen LogP contribution in [-0.2, 0) is 15.1 Å². The summed E-state index contributed by atoms with van der Waals surface area (Å²) in [5.74, 6) is -0.758. The van der Waals surface area contributed by atoms with Crippen LogP contribution >= 0.6 is 11.6 Å². The van der Waals surface area contributed by atoms with Gasteiger partial charge in [-0.25, -0.2) is 0 Å². The summed E-state index contributed by atoms with van der Waals surface area (Å²) in [6, 6.07) is 14.7. The average Bonchev–Trinajstić information content (AvgIpc) is 2.71. The summed E-state index contributed by atoms with van der Waals surface area (Å²) in [4.78, 5) is 26.8. The lowest BCUT2D eigenvalue weighted by Gasteiger charge is -2.38. The first kappa shape index (κ1) is 16.1. The van der Waals surface area contributed by atoms with E-state index in [1.807, 2.05) is 30.3 Å². The number of nitrogens with zero attached hydrogens (tertiary/aromatic N) is 1. The van der Waals surface area contributed by atoms with Gasteiger partial charge in [-0.05, 0) is 30.7 Å². The van der Waals surface area contributed by atoms with Gasteiger partial charge in [-0.1, -0.05) is 41.9 Å². The van der Waals surface area contributed by atoms with Gasteiger partial charge in [0.2, 0.25) is 5.91 Å². The largest absolute Gasteiger partial charge is 0.380 e. The summed E-state index contributed by atoms with van der Waals surface area (Å²) >= 11 is 6.23. The van der Waals surface area contributed by atoms with Crippen molar-refractivity contribution in [3.05, 3.63) is 64.7 Å². The van der Waals surface area contributed by atoms with Crippen molar-refractivity contribution < 1.29 is 14.7 Å². The molecule has 2 N–H and O–H groups in total. The molecule has 1 fully saturated rings. The molecule has 2 aromatic carbocycles. The maximum Gasteiger partial charge on any atom is 0.255 e. The van der Waals surface area contributed by atoms with Crippen LogP contribution in [0.15, 0.2) is 48.5 Å². The number of carbonyl (C=O) groups excluding carboxylic acids is 2. The fourth-order valence-corrected chi connectivity index (χ4v) is 4.18. The summed E-state index contributed by atoms with van der Waals surface area (Å²) in [5.41, 5.74) is -0.371. The van der Waals surface area contributed by atoms with Crippen LogP contribution in [0.3, 0.4) is 0 Å².